The standard InChI is InChI=1S/C31H21Br2N3O3/c1-20-11-14-22(15-12-20)30-35-27-10-6-5-9-25(27)31(38)36(30)34-19-23-17-24(32)18-26(33)29(23)39-28(37)16-13-21-7-3-2-4-8-21/h2-19H,1H3/b16-13+,34-19?. The maximum Gasteiger partial charge on any atom is 0.336 e. The molecule has 0 saturated carbocycles. The van der Waals surface area contributed by atoms with Crippen molar-refractivity contribution in [2.75, 3.05) is 0 Å². The minimum Gasteiger partial charge on any atom is -0.421 e. The highest BCUT2D eigenvalue weighted by molar-refractivity contribution is 9.11. The molecule has 5 rings (SSSR count). The molecule has 1 heterocycles. The first kappa shape index (κ1) is 26.5. The average molecular weight is 643 g/mol. The number of rotatable bonds is 6. The summed E-state index contributed by atoms with van der Waals surface area (Å²) in [4.78, 5) is 30.9. The lowest BCUT2D eigenvalue weighted by atomic mass is 10.1. The summed E-state index contributed by atoms with van der Waals surface area (Å²) in [6.07, 6.45) is 4.52. The van der Waals surface area contributed by atoms with Crippen LogP contribution in [0.25, 0.3) is 28.4 Å². The van der Waals surface area contributed by atoms with Gasteiger partial charge in [-0.25, -0.2) is 9.78 Å². The van der Waals surface area contributed by atoms with Crippen LogP contribution in [0.2, 0.25) is 0 Å². The summed E-state index contributed by atoms with van der Waals surface area (Å²) < 4.78 is 8.23. The Labute approximate surface area is 241 Å². The number of aryl methyl sites for hydroxylation is 1. The minimum atomic E-state index is -0.554. The number of fused-ring (bicyclic) bond motifs is 1. The van der Waals surface area contributed by atoms with Crippen LogP contribution in [0.1, 0.15) is 16.7 Å². The van der Waals surface area contributed by atoms with Crippen molar-refractivity contribution in [1.82, 2.24) is 9.66 Å². The fourth-order valence-corrected chi connectivity index (χ4v) is 5.23. The van der Waals surface area contributed by atoms with E-state index in [1.54, 1.807) is 36.4 Å². The number of hydrogen-bond donors (Lipinski definition) is 0. The van der Waals surface area contributed by atoms with Gasteiger partial charge in [-0.1, -0.05) is 88.2 Å². The zero-order chi connectivity index (χ0) is 27.4. The van der Waals surface area contributed by atoms with Crippen LogP contribution in [0.15, 0.2) is 116 Å². The van der Waals surface area contributed by atoms with Crippen LogP contribution in [0.5, 0.6) is 5.75 Å². The van der Waals surface area contributed by atoms with Crippen molar-refractivity contribution in [2.45, 2.75) is 6.92 Å². The fraction of sp³-hybridized carbons (Fsp3) is 0.0323. The SMILES string of the molecule is Cc1ccc(-c2nc3ccccc3c(=O)n2N=Cc2cc(Br)cc(Br)c2OC(=O)/C=C/c2ccccc2)cc1. The van der Waals surface area contributed by atoms with Crippen LogP contribution in [0.3, 0.4) is 0 Å². The molecule has 8 heteroatoms. The van der Waals surface area contributed by atoms with Crippen LogP contribution >= 0.6 is 31.9 Å². The van der Waals surface area contributed by atoms with Crippen molar-refractivity contribution in [3.8, 4) is 17.1 Å². The molecule has 0 bridgehead atoms. The molecule has 0 aliphatic heterocycles. The van der Waals surface area contributed by atoms with Gasteiger partial charge in [-0.3, -0.25) is 4.79 Å². The highest BCUT2D eigenvalue weighted by Crippen LogP contribution is 2.32. The molecule has 0 unspecified atom stereocenters. The topological polar surface area (TPSA) is 73.6 Å². The van der Waals surface area contributed by atoms with Crippen LogP contribution in [0.4, 0.5) is 0 Å². The van der Waals surface area contributed by atoms with Gasteiger partial charge in [-0.15, -0.1) is 0 Å². The maximum absolute atomic E-state index is 13.5. The Kier molecular flexibility index (Phi) is 7.95. The largest absolute Gasteiger partial charge is 0.421 e. The number of carbonyl (C=O) groups is 1. The van der Waals surface area contributed by atoms with Gasteiger partial charge in [0.1, 0.15) is 0 Å². The zero-order valence-electron chi connectivity index (χ0n) is 20.7. The molecule has 0 aliphatic rings. The lowest BCUT2D eigenvalue weighted by Crippen LogP contribution is -2.20. The van der Waals surface area contributed by atoms with E-state index in [-0.39, 0.29) is 11.3 Å². The van der Waals surface area contributed by atoms with Gasteiger partial charge < -0.3 is 4.74 Å². The summed E-state index contributed by atoms with van der Waals surface area (Å²) in [6, 6.07) is 27.8. The van der Waals surface area contributed by atoms with Crippen molar-refractivity contribution >= 4 is 61.0 Å². The molecule has 1 aromatic heterocycles. The molecule has 0 atom stereocenters. The second-order valence-corrected chi connectivity index (χ2v) is 10.4. The summed E-state index contributed by atoms with van der Waals surface area (Å²) in [6.45, 7) is 1.99. The number of halogens is 2. The van der Waals surface area contributed by atoms with Gasteiger partial charge in [0.05, 0.1) is 21.6 Å². The van der Waals surface area contributed by atoms with Crippen LogP contribution in [-0.2, 0) is 4.79 Å². The van der Waals surface area contributed by atoms with Crippen molar-refractivity contribution in [3.63, 3.8) is 0 Å². The first-order valence-corrected chi connectivity index (χ1v) is 13.5. The predicted molar refractivity (Wildman–Crippen MR) is 162 cm³/mol. The van der Waals surface area contributed by atoms with Gasteiger partial charge in [-0.05, 0) is 58.8 Å². The second kappa shape index (κ2) is 11.7. The summed E-state index contributed by atoms with van der Waals surface area (Å²) in [5, 5.41) is 4.98. The Morgan fingerprint density at radius 1 is 0.949 bits per heavy atom. The van der Waals surface area contributed by atoms with E-state index in [1.807, 2.05) is 67.6 Å². The van der Waals surface area contributed by atoms with Crippen LogP contribution in [0, 0.1) is 6.92 Å². The van der Waals surface area contributed by atoms with Crippen LogP contribution in [-0.4, -0.2) is 21.8 Å². The van der Waals surface area contributed by atoms with Gasteiger partial charge >= 0.3 is 5.97 Å². The van der Waals surface area contributed by atoms with Crippen molar-refractivity contribution in [2.24, 2.45) is 5.10 Å². The van der Waals surface area contributed by atoms with E-state index in [2.05, 4.69) is 37.0 Å². The van der Waals surface area contributed by atoms with Gasteiger partial charge in [0.2, 0.25) is 0 Å². The van der Waals surface area contributed by atoms with Crippen molar-refractivity contribution in [3.05, 3.63) is 133 Å². The molecule has 5 aromatic rings. The summed E-state index contributed by atoms with van der Waals surface area (Å²) in [7, 11) is 0. The highest BCUT2D eigenvalue weighted by Gasteiger charge is 2.15. The summed E-state index contributed by atoms with van der Waals surface area (Å²) in [5.74, 6) is 0.109. The van der Waals surface area contributed by atoms with Gasteiger partial charge in [0.15, 0.2) is 11.6 Å². The van der Waals surface area contributed by atoms with Crippen molar-refractivity contribution < 1.29 is 9.53 Å². The molecule has 0 amide bonds. The molecule has 0 fully saturated rings. The van der Waals surface area contributed by atoms with Gasteiger partial charge in [0, 0.05) is 21.7 Å². The number of aromatic nitrogens is 2. The lowest BCUT2D eigenvalue weighted by molar-refractivity contribution is -0.128. The third kappa shape index (κ3) is 6.13. The molecule has 0 radical (unpaired) electrons. The van der Waals surface area contributed by atoms with E-state index in [4.69, 9.17) is 9.72 Å². The highest BCUT2D eigenvalue weighted by atomic mass is 79.9. The second-order valence-electron chi connectivity index (χ2n) is 8.65. The molecular weight excluding hydrogens is 622 g/mol. The Balaban J connectivity index is 1.56. The fourth-order valence-electron chi connectivity index (χ4n) is 3.89. The molecule has 0 aliphatic carbocycles. The monoisotopic (exact) mass is 641 g/mol. The van der Waals surface area contributed by atoms with E-state index in [1.165, 1.54) is 17.0 Å². The number of benzene rings is 4. The first-order chi connectivity index (χ1) is 18.9. The quantitative estimate of drug-likeness (QED) is 0.0837. The van der Waals surface area contributed by atoms with E-state index >= 15 is 0 Å². The van der Waals surface area contributed by atoms with E-state index < -0.39 is 5.97 Å². The third-order valence-corrected chi connectivity index (χ3v) is 6.87. The number of nitrogens with zero attached hydrogens (tertiary/aromatic N) is 3. The molecule has 6 nitrogen and oxygen atoms in total. The maximum atomic E-state index is 13.5. The smallest absolute Gasteiger partial charge is 0.336 e. The third-order valence-electron chi connectivity index (χ3n) is 5.83. The van der Waals surface area contributed by atoms with Gasteiger partial charge in [0.25, 0.3) is 5.56 Å². The minimum absolute atomic E-state index is 0.267. The molecule has 39 heavy (non-hydrogen) atoms. The average Bonchev–Trinajstić information content (AvgIpc) is 2.94. The molecule has 192 valence electrons. The molecule has 0 N–H and O–H groups in total. The number of hydrogen-bond acceptors (Lipinski definition) is 5. The van der Waals surface area contributed by atoms with Gasteiger partial charge in [-0.2, -0.15) is 9.78 Å². The molecule has 0 saturated heterocycles. The normalized spacial score (nSPS) is 11.5. The van der Waals surface area contributed by atoms with E-state index in [0.29, 0.717) is 26.8 Å². The Morgan fingerprint density at radius 3 is 2.44 bits per heavy atom. The predicted octanol–water partition coefficient (Wildman–Crippen LogP) is 7.40. The number of para-hydroxylation sites is 1. The molecule has 4 aromatic carbocycles. The number of esters is 1. The Morgan fingerprint density at radius 2 is 1.67 bits per heavy atom. The molecule has 0 spiro atoms. The zero-order valence-corrected chi connectivity index (χ0v) is 23.9. The molecular formula is C31H21Br2N3O3. The van der Waals surface area contributed by atoms with Crippen LogP contribution < -0.4 is 10.3 Å². The number of ether oxygens (including phenoxy) is 1. The summed E-state index contributed by atoms with van der Waals surface area (Å²) >= 11 is 6.96. The summed E-state index contributed by atoms with van der Waals surface area (Å²) in [5.41, 5.74) is 3.45. The van der Waals surface area contributed by atoms with E-state index in [0.717, 1.165) is 21.2 Å². The Hall–Kier alpha value is -4.14. The lowest BCUT2D eigenvalue weighted by Gasteiger charge is -2.11. The van der Waals surface area contributed by atoms with Crippen molar-refractivity contribution in [1.29, 1.82) is 0 Å². The Bertz CT molecular complexity index is 1790. The number of carbonyl (C=O) groups excluding carboxylic acids is 1. The first-order valence-electron chi connectivity index (χ1n) is 12.0. The van der Waals surface area contributed by atoms with E-state index in [9.17, 15) is 9.59 Å².